The monoisotopic (exact) mass is 547 g/mol. The summed E-state index contributed by atoms with van der Waals surface area (Å²) in [5, 5.41) is 3.37. The number of nitrogens with two attached hydrogens (primary N) is 1. The number of nitrogens with one attached hydrogen (secondary N) is 1. The molecule has 0 radical (unpaired) electrons. The van der Waals surface area contributed by atoms with Gasteiger partial charge in [0.05, 0.1) is 17.3 Å². The quantitative estimate of drug-likeness (QED) is 0.275. The highest BCUT2D eigenvalue weighted by Gasteiger charge is 2.53. The van der Waals surface area contributed by atoms with Crippen molar-refractivity contribution in [2.75, 3.05) is 18.5 Å². The van der Waals surface area contributed by atoms with Crippen LogP contribution in [0.3, 0.4) is 0 Å². The van der Waals surface area contributed by atoms with Gasteiger partial charge < -0.3 is 20.7 Å². The third kappa shape index (κ3) is 5.87. The molecule has 2 aliphatic rings. The number of carbonyl (C=O) groups excluding carboxylic acids is 1. The molecule has 41 heavy (non-hydrogen) atoms. The Morgan fingerprint density at radius 1 is 1.00 bits per heavy atom. The van der Waals surface area contributed by atoms with Crippen LogP contribution in [0.25, 0.3) is 11.3 Å². The van der Waals surface area contributed by atoms with Crippen LogP contribution in [0, 0.1) is 0 Å². The van der Waals surface area contributed by atoms with Crippen LogP contribution in [-0.2, 0) is 21.5 Å². The van der Waals surface area contributed by atoms with Crippen molar-refractivity contribution in [3.8, 4) is 11.3 Å². The molecule has 3 N–H and O–H groups in total. The van der Waals surface area contributed by atoms with Gasteiger partial charge in [0, 0.05) is 29.9 Å². The minimum Gasteiger partial charge on any atom is -0.365 e. The van der Waals surface area contributed by atoms with Gasteiger partial charge in [-0.15, -0.1) is 0 Å². The van der Waals surface area contributed by atoms with Crippen molar-refractivity contribution in [3.05, 3.63) is 108 Å². The molecule has 2 atom stereocenters. The number of anilines is 2. The molecule has 0 unspecified atom stereocenters. The Morgan fingerprint density at radius 3 is 2.51 bits per heavy atom. The number of hydrogen-bond acceptors (Lipinski definition) is 6. The van der Waals surface area contributed by atoms with Crippen LogP contribution in [0.4, 0.5) is 11.5 Å². The number of carbonyl (C=O) groups is 1. The summed E-state index contributed by atoms with van der Waals surface area (Å²) in [6.45, 7) is 5.00. The van der Waals surface area contributed by atoms with Crippen molar-refractivity contribution in [2.24, 2.45) is 5.73 Å². The van der Waals surface area contributed by atoms with Crippen molar-refractivity contribution in [1.29, 1.82) is 0 Å². The number of morpholine rings is 1. The van der Waals surface area contributed by atoms with Gasteiger partial charge in [0.2, 0.25) is 5.91 Å². The minimum atomic E-state index is -0.225. The summed E-state index contributed by atoms with van der Waals surface area (Å²) in [7, 11) is 0. The fourth-order valence-corrected chi connectivity index (χ4v) is 5.75. The molecule has 6 rings (SSSR count). The summed E-state index contributed by atoms with van der Waals surface area (Å²) >= 11 is 0. The van der Waals surface area contributed by atoms with Crippen LogP contribution in [0.1, 0.15) is 49.3 Å². The Labute approximate surface area is 241 Å². The average Bonchev–Trinajstić information content (AvgIpc) is 3.81. The fraction of sp³-hybridized carbons (Fsp3) is 0.324. The van der Waals surface area contributed by atoms with Crippen molar-refractivity contribution >= 4 is 17.4 Å². The van der Waals surface area contributed by atoms with Crippen molar-refractivity contribution in [3.63, 3.8) is 0 Å². The molecule has 1 saturated heterocycles. The van der Waals surface area contributed by atoms with Gasteiger partial charge in [-0.1, -0.05) is 80.6 Å². The molecule has 1 saturated carbocycles. The van der Waals surface area contributed by atoms with E-state index in [0.717, 1.165) is 41.2 Å². The zero-order chi connectivity index (χ0) is 28.4. The van der Waals surface area contributed by atoms with E-state index in [-0.39, 0.29) is 30.2 Å². The van der Waals surface area contributed by atoms with Crippen LogP contribution in [0.2, 0.25) is 0 Å². The largest absolute Gasteiger partial charge is 0.365 e. The van der Waals surface area contributed by atoms with Crippen LogP contribution in [0.15, 0.2) is 91.3 Å². The van der Waals surface area contributed by atoms with E-state index in [9.17, 15) is 4.79 Å². The van der Waals surface area contributed by atoms with Crippen LogP contribution < -0.4 is 11.1 Å². The van der Waals surface area contributed by atoms with Gasteiger partial charge in [-0.2, -0.15) is 0 Å². The van der Waals surface area contributed by atoms with Gasteiger partial charge in [0.25, 0.3) is 0 Å². The van der Waals surface area contributed by atoms with Gasteiger partial charge in [0.1, 0.15) is 18.8 Å². The zero-order valence-corrected chi connectivity index (χ0v) is 23.7. The predicted molar refractivity (Wildman–Crippen MR) is 162 cm³/mol. The Hall–Kier alpha value is -4.07. The summed E-state index contributed by atoms with van der Waals surface area (Å²) in [4.78, 5) is 23.8. The van der Waals surface area contributed by atoms with Crippen LogP contribution >= 0.6 is 0 Å². The van der Waals surface area contributed by atoms with E-state index >= 15 is 0 Å². The van der Waals surface area contributed by atoms with E-state index in [1.807, 2.05) is 53.4 Å². The number of aromatic nitrogens is 2. The molecule has 1 aromatic heterocycles. The lowest BCUT2D eigenvalue weighted by Crippen LogP contribution is -2.56. The maximum absolute atomic E-state index is 13.0. The first-order chi connectivity index (χ1) is 19.9. The first kappa shape index (κ1) is 27.1. The summed E-state index contributed by atoms with van der Waals surface area (Å²) in [5.74, 6) is 1.23. The molecule has 2 heterocycles. The lowest BCUT2D eigenvalue weighted by atomic mass is 9.94. The van der Waals surface area contributed by atoms with E-state index in [0.29, 0.717) is 18.9 Å². The standard InChI is InChI=1S/C34H37N5O2/c1-23(2)26-9-6-10-27(18-26)34(15-16-34)39-20-31(41-21-33(39)40)29(35)17-24-11-13-28(14-12-24)38-32-19-30(36-22-37-32)25-7-4-3-5-8-25/h3-14,18-19,22-23,29,31H,15-17,20-21,35H2,1-2H3,(H,36,37,38)/t29-,31+/m0/s1. The Kier molecular flexibility index (Phi) is 7.56. The van der Waals surface area contributed by atoms with E-state index in [1.54, 1.807) is 6.33 Å². The highest BCUT2D eigenvalue weighted by atomic mass is 16.5. The van der Waals surface area contributed by atoms with Crippen LogP contribution in [-0.4, -0.2) is 46.1 Å². The molecule has 0 spiro atoms. The maximum atomic E-state index is 13.0. The number of amides is 1. The lowest BCUT2D eigenvalue weighted by molar-refractivity contribution is -0.155. The summed E-state index contributed by atoms with van der Waals surface area (Å²) in [5.41, 5.74) is 13.0. The summed E-state index contributed by atoms with van der Waals surface area (Å²) in [6, 6.07) is 28.7. The molecule has 2 fully saturated rings. The van der Waals surface area contributed by atoms with Gasteiger partial charge >= 0.3 is 0 Å². The Balaban J connectivity index is 1.09. The van der Waals surface area contributed by atoms with Crippen molar-refractivity contribution < 1.29 is 9.53 Å². The Bertz CT molecular complexity index is 1500. The molecular formula is C34H37N5O2. The molecule has 1 aliphatic heterocycles. The molecule has 1 amide bonds. The van der Waals surface area contributed by atoms with E-state index < -0.39 is 0 Å². The van der Waals surface area contributed by atoms with Crippen LogP contribution in [0.5, 0.6) is 0 Å². The minimum absolute atomic E-state index is 0.0523. The van der Waals surface area contributed by atoms with Gasteiger partial charge in [-0.05, 0) is 54.0 Å². The third-order valence-electron chi connectivity index (χ3n) is 8.33. The number of rotatable bonds is 9. The van der Waals surface area contributed by atoms with E-state index in [4.69, 9.17) is 10.5 Å². The van der Waals surface area contributed by atoms with E-state index in [1.165, 1.54) is 11.1 Å². The number of hydrogen-bond donors (Lipinski definition) is 2. The van der Waals surface area contributed by atoms with Gasteiger partial charge in [-0.3, -0.25) is 4.79 Å². The second kappa shape index (κ2) is 11.4. The Morgan fingerprint density at radius 2 is 1.78 bits per heavy atom. The maximum Gasteiger partial charge on any atom is 0.249 e. The molecule has 4 aromatic rings. The first-order valence-electron chi connectivity index (χ1n) is 14.4. The lowest BCUT2D eigenvalue weighted by Gasteiger charge is -2.41. The molecule has 0 bridgehead atoms. The fourth-order valence-electron chi connectivity index (χ4n) is 5.75. The second-order valence-corrected chi connectivity index (χ2v) is 11.5. The number of ether oxygens (including phenoxy) is 1. The molecule has 7 heteroatoms. The highest BCUT2D eigenvalue weighted by Crippen LogP contribution is 2.52. The summed E-state index contributed by atoms with van der Waals surface area (Å²) < 4.78 is 5.98. The van der Waals surface area contributed by atoms with E-state index in [2.05, 4.69) is 65.5 Å². The number of benzene rings is 3. The first-order valence-corrected chi connectivity index (χ1v) is 14.4. The predicted octanol–water partition coefficient (Wildman–Crippen LogP) is 5.80. The van der Waals surface area contributed by atoms with Gasteiger partial charge in [0.15, 0.2) is 0 Å². The topological polar surface area (TPSA) is 93.4 Å². The smallest absolute Gasteiger partial charge is 0.249 e. The normalized spacial score (nSPS) is 18.8. The highest BCUT2D eigenvalue weighted by molar-refractivity contribution is 5.80. The summed E-state index contributed by atoms with van der Waals surface area (Å²) in [6.07, 6.45) is 3.98. The zero-order valence-electron chi connectivity index (χ0n) is 23.7. The molecule has 3 aromatic carbocycles. The molecule has 1 aliphatic carbocycles. The third-order valence-corrected chi connectivity index (χ3v) is 8.33. The van der Waals surface area contributed by atoms with Gasteiger partial charge in [-0.25, -0.2) is 9.97 Å². The molecule has 210 valence electrons. The SMILES string of the molecule is CC(C)c1cccc(C2(N3C[C@H]([C@@H](N)Cc4ccc(Nc5cc(-c6ccccc6)ncn5)cc4)OCC3=O)CC2)c1. The number of nitrogens with zero attached hydrogens (tertiary/aromatic N) is 3. The van der Waals surface area contributed by atoms with Crippen molar-refractivity contribution in [2.45, 2.75) is 56.7 Å². The molecule has 7 nitrogen and oxygen atoms in total. The molecular weight excluding hydrogens is 510 g/mol. The van der Waals surface area contributed by atoms with Crippen molar-refractivity contribution in [1.82, 2.24) is 14.9 Å². The average molecular weight is 548 g/mol. The second-order valence-electron chi connectivity index (χ2n) is 11.5.